The molecule has 22 heavy (non-hydrogen) atoms. The third-order valence-electron chi connectivity index (χ3n) is 0.671. The second-order valence-electron chi connectivity index (χ2n) is 2.91. The minimum Gasteiger partial charge on any atom is -0.481 e. The van der Waals surface area contributed by atoms with Crippen molar-refractivity contribution >= 4 is 29.7 Å². The highest BCUT2D eigenvalue weighted by atomic mass is 16.4. The van der Waals surface area contributed by atoms with E-state index in [1.807, 2.05) is 0 Å². The molecule has 0 bridgehead atoms. The number of nitrogens with one attached hydrogen (secondary N) is 2. The normalized spacial score (nSPS) is 7.68. The van der Waals surface area contributed by atoms with E-state index in [4.69, 9.17) is 29.7 Å². The van der Waals surface area contributed by atoms with E-state index < -0.39 is 29.7 Å². The Morgan fingerprint density at radius 1 is 0.682 bits per heavy atom. The molecule has 0 aromatic heterocycles. The lowest BCUT2D eigenvalue weighted by Crippen LogP contribution is -2.30. The highest BCUT2D eigenvalue weighted by molar-refractivity contribution is 5.96. The summed E-state index contributed by atoms with van der Waals surface area (Å²) in [7, 11) is 0. The van der Waals surface area contributed by atoms with Crippen LogP contribution in [0.5, 0.6) is 0 Å². The smallest absolute Gasteiger partial charge is 0.300 e. The maximum Gasteiger partial charge on any atom is 0.300 e. The zero-order chi connectivity index (χ0) is 18.7. The number of aliphatic carboxylic acids is 3. The zero-order valence-corrected chi connectivity index (χ0v) is 12.2. The Morgan fingerprint density at radius 3 is 0.909 bits per heavy atom. The van der Waals surface area contributed by atoms with Gasteiger partial charge in [-0.1, -0.05) is 0 Å². The van der Waals surface area contributed by atoms with Gasteiger partial charge in [0.1, 0.15) is 0 Å². The molecular weight excluding hydrogens is 304 g/mol. The van der Waals surface area contributed by atoms with E-state index in [0.29, 0.717) is 0 Å². The predicted octanol–water partition coefficient (Wildman–Crippen LogP) is -2.20. The van der Waals surface area contributed by atoms with Gasteiger partial charge in [-0.05, 0) is 0 Å². The van der Waals surface area contributed by atoms with Gasteiger partial charge < -0.3 is 15.3 Å². The number of carboxylic acids is 3. The van der Waals surface area contributed by atoms with Gasteiger partial charge in [0.2, 0.25) is 0 Å². The molecule has 0 aromatic carbocycles. The van der Waals surface area contributed by atoms with Gasteiger partial charge in [0.15, 0.2) is 0 Å². The Kier molecular flexibility index (Phi) is 25.3. The second-order valence-corrected chi connectivity index (χ2v) is 2.91. The SMILES string of the molecule is CC(=O)O.CC(=O)O.CC(=O)O.NNC(=O)/C=C\C(=O)NN. The van der Waals surface area contributed by atoms with Crippen molar-refractivity contribution in [3.05, 3.63) is 12.2 Å². The number of amides is 2. The molecule has 12 heteroatoms. The minimum atomic E-state index is -0.833. The summed E-state index contributed by atoms with van der Waals surface area (Å²) in [6.07, 6.45) is 1.92. The Bertz CT molecular complexity index is 336. The number of hydrogen-bond acceptors (Lipinski definition) is 7. The minimum absolute atomic E-state index is 0.566. The molecule has 0 rings (SSSR count). The van der Waals surface area contributed by atoms with E-state index in [0.717, 1.165) is 32.9 Å². The van der Waals surface area contributed by atoms with Gasteiger partial charge in [-0.25, -0.2) is 11.7 Å². The molecule has 0 heterocycles. The van der Waals surface area contributed by atoms with Gasteiger partial charge in [-0.15, -0.1) is 0 Å². The first-order valence-electron chi connectivity index (χ1n) is 5.18. The molecule has 0 spiro atoms. The van der Waals surface area contributed by atoms with Crippen molar-refractivity contribution in [2.75, 3.05) is 0 Å². The topological polar surface area (TPSA) is 222 Å². The number of hydrazine groups is 2. The van der Waals surface area contributed by atoms with Crippen LogP contribution in [-0.4, -0.2) is 45.0 Å². The van der Waals surface area contributed by atoms with Crippen LogP contribution in [0.1, 0.15) is 20.8 Å². The van der Waals surface area contributed by atoms with Crippen LogP contribution >= 0.6 is 0 Å². The van der Waals surface area contributed by atoms with E-state index in [-0.39, 0.29) is 0 Å². The van der Waals surface area contributed by atoms with Crippen molar-refractivity contribution in [1.82, 2.24) is 10.9 Å². The quantitative estimate of drug-likeness (QED) is 0.125. The van der Waals surface area contributed by atoms with Crippen LogP contribution in [0.2, 0.25) is 0 Å². The van der Waals surface area contributed by atoms with Crippen LogP contribution in [0.25, 0.3) is 0 Å². The van der Waals surface area contributed by atoms with Gasteiger partial charge >= 0.3 is 0 Å². The average Bonchev–Trinajstić information content (AvgIpc) is 2.33. The average molecular weight is 324 g/mol. The molecule has 2 amide bonds. The molecule has 0 fully saturated rings. The van der Waals surface area contributed by atoms with Gasteiger partial charge in [0.25, 0.3) is 29.7 Å². The molecule has 0 saturated heterocycles. The summed E-state index contributed by atoms with van der Waals surface area (Å²) in [5, 5.41) is 22.2. The first kappa shape index (κ1) is 27.4. The Hall–Kier alpha value is -2.99. The highest BCUT2D eigenvalue weighted by Gasteiger charge is 1.91. The number of carbonyl (C=O) groups excluding carboxylic acids is 2. The Labute approximate surface area is 125 Å². The third-order valence-corrected chi connectivity index (χ3v) is 0.671. The van der Waals surface area contributed by atoms with Crippen molar-refractivity contribution in [1.29, 1.82) is 0 Å². The Balaban J connectivity index is -0.000000112. The highest BCUT2D eigenvalue weighted by Crippen LogP contribution is 1.70. The van der Waals surface area contributed by atoms with E-state index in [2.05, 4.69) is 11.7 Å². The summed E-state index contributed by atoms with van der Waals surface area (Å²) < 4.78 is 0. The second kappa shape index (κ2) is 20.3. The van der Waals surface area contributed by atoms with Crippen LogP contribution in [-0.2, 0) is 24.0 Å². The molecular formula is C10H20N4O8. The van der Waals surface area contributed by atoms with Gasteiger partial charge in [-0.2, -0.15) is 0 Å². The fourth-order valence-corrected chi connectivity index (χ4v) is 0.248. The summed E-state index contributed by atoms with van der Waals surface area (Å²) in [4.78, 5) is 47.6. The molecule has 128 valence electrons. The summed E-state index contributed by atoms with van der Waals surface area (Å²) >= 11 is 0. The fourth-order valence-electron chi connectivity index (χ4n) is 0.248. The molecule has 0 atom stereocenters. The summed E-state index contributed by atoms with van der Waals surface area (Å²) in [5.41, 5.74) is 3.60. The Morgan fingerprint density at radius 2 is 0.818 bits per heavy atom. The standard InChI is InChI=1S/C4H8N4O2.3C2H4O2/c5-7-3(9)1-2-4(10)8-6;3*1-2(3)4/h1-2H,5-6H2,(H,7,9)(H,8,10);3*1H3,(H,3,4)/b2-1-;;;. The third kappa shape index (κ3) is 121. The maximum atomic E-state index is 10.3. The van der Waals surface area contributed by atoms with E-state index in [1.165, 1.54) is 0 Å². The monoisotopic (exact) mass is 324 g/mol. The molecule has 0 aliphatic carbocycles. The lowest BCUT2D eigenvalue weighted by atomic mass is 10.4. The predicted molar refractivity (Wildman–Crippen MR) is 73.7 cm³/mol. The van der Waals surface area contributed by atoms with Crippen molar-refractivity contribution in [2.45, 2.75) is 20.8 Å². The number of carbonyl (C=O) groups is 5. The molecule has 0 aliphatic heterocycles. The lowest BCUT2D eigenvalue weighted by Gasteiger charge is -1.89. The first-order valence-corrected chi connectivity index (χ1v) is 5.18. The summed E-state index contributed by atoms with van der Waals surface area (Å²) in [6.45, 7) is 3.25. The molecule has 0 aliphatic rings. The van der Waals surface area contributed by atoms with Crippen molar-refractivity contribution in [3.63, 3.8) is 0 Å². The summed E-state index contributed by atoms with van der Waals surface area (Å²) in [6, 6.07) is 0. The molecule has 0 unspecified atom stereocenters. The van der Waals surface area contributed by atoms with Gasteiger partial charge in [-0.3, -0.25) is 34.8 Å². The van der Waals surface area contributed by atoms with E-state index in [1.54, 1.807) is 10.9 Å². The molecule has 0 aromatic rings. The van der Waals surface area contributed by atoms with Crippen molar-refractivity contribution in [2.24, 2.45) is 11.7 Å². The molecule has 0 radical (unpaired) electrons. The lowest BCUT2D eigenvalue weighted by molar-refractivity contribution is -0.135. The van der Waals surface area contributed by atoms with Crippen LogP contribution < -0.4 is 22.5 Å². The number of rotatable bonds is 2. The van der Waals surface area contributed by atoms with Crippen LogP contribution in [0.3, 0.4) is 0 Å². The van der Waals surface area contributed by atoms with Crippen LogP contribution in [0.4, 0.5) is 0 Å². The molecule has 0 saturated carbocycles. The van der Waals surface area contributed by atoms with Gasteiger partial charge in [0.05, 0.1) is 0 Å². The van der Waals surface area contributed by atoms with E-state index >= 15 is 0 Å². The number of hydrogen-bond donors (Lipinski definition) is 7. The van der Waals surface area contributed by atoms with Gasteiger partial charge in [0, 0.05) is 32.9 Å². The number of carboxylic acid groups (broad SMARTS) is 3. The van der Waals surface area contributed by atoms with Crippen LogP contribution in [0.15, 0.2) is 12.2 Å². The van der Waals surface area contributed by atoms with Crippen molar-refractivity contribution in [3.8, 4) is 0 Å². The molecule has 12 nitrogen and oxygen atoms in total. The van der Waals surface area contributed by atoms with Crippen molar-refractivity contribution < 1.29 is 39.3 Å². The maximum absolute atomic E-state index is 10.3. The fraction of sp³-hybridized carbons (Fsp3) is 0.300. The van der Waals surface area contributed by atoms with Crippen LogP contribution in [0, 0.1) is 0 Å². The first-order chi connectivity index (χ1) is 9.90. The largest absolute Gasteiger partial charge is 0.481 e. The molecule has 9 N–H and O–H groups in total. The number of nitrogens with two attached hydrogens (primary N) is 2. The zero-order valence-electron chi connectivity index (χ0n) is 12.2. The van der Waals surface area contributed by atoms with E-state index in [9.17, 15) is 9.59 Å². The summed E-state index contributed by atoms with van der Waals surface area (Å²) in [5.74, 6) is 5.74.